The molecular weight excluding hydrogens is 493 g/mol. The summed E-state index contributed by atoms with van der Waals surface area (Å²) in [5.74, 6) is 0.581. The van der Waals surface area contributed by atoms with Crippen LogP contribution in [0, 0.1) is 6.92 Å². The number of alkyl halides is 3. The van der Waals surface area contributed by atoms with Crippen molar-refractivity contribution in [1.82, 2.24) is 0 Å². The Morgan fingerprint density at radius 1 is 0.974 bits per heavy atom. The number of rotatable bonds is 16. The van der Waals surface area contributed by atoms with Crippen molar-refractivity contribution in [3.8, 4) is 0 Å². The standard InChI is InChI=1S/C34H49F3N2/c1-7-11-13-18-30(32(21-14-12-8-2)39-33(27(6)25-38)34(35,36)37)20-15-19-28-22-23-31(24-26(28)5)29(16-9-3)17-10-4/h12,14-15,19-25,29H,7-11,13,16-18,38H2,1-6H3/b14-12-,19-15+,27-25?,30-20-,32-21-,39-33?. The molecule has 0 unspecified atom stereocenters. The second-order valence-corrected chi connectivity index (χ2v) is 10.1. The van der Waals surface area contributed by atoms with Crippen LogP contribution in [0.1, 0.15) is 115 Å². The van der Waals surface area contributed by atoms with Gasteiger partial charge in [-0.25, -0.2) is 4.99 Å². The minimum Gasteiger partial charge on any atom is -0.404 e. The lowest BCUT2D eigenvalue weighted by Crippen LogP contribution is -2.25. The normalized spacial score (nSPS) is 14.4. The molecule has 0 aromatic heterocycles. The molecule has 0 radical (unpaired) electrons. The first-order chi connectivity index (χ1) is 18.6. The molecule has 2 nitrogen and oxygen atoms in total. The fourth-order valence-corrected chi connectivity index (χ4v) is 4.53. The van der Waals surface area contributed by atoms with E-state index in [1.54, 1.807) is 12.2 Å². The van der Waals surface area contributed by atoms with Crippen molar-refractivity contribution in [2.45, 2.75) is 111 Å². The van der Waals surface area contributed by atoms with Gasteiger partial charge >= 0.3 is 6.18 Å². The summed E-state index contributed by atoms with van der Waals surface area (Å²) < 4.78 is 41.6. The van der Waals surface area contributed by atoms with Crippen molar-refractivity contribution in [2.75, 3.05) is 0 Å². The molecule has 0 bridgehead atoms. The van der Waals surface area contributed by atoms with Gasteiger partial charge in [0.2, 0.25) is 0 Å². The van der Waals surface area contributed by atoms with Gasteiger partial charge in [0.1, 0.15) is 5.71 Å². The number of hydrogen-bond donors (Lipinski definition) is 1. The van der Waals surface area contributed by atoms with Gasteiger partial charge in [0.25, 0.3) is 0 Å². The van der Waals surface area contributed by atoms with Crippen LogP contribution in [0.2, 0.25) is 0 Å². The Morgan fingerprint density at radius 3 is 2.21 bits per heavy atom. The van der Waals surface area contributed by atoms with Gasteiger partial charge < -0.3 is 5.73 Å². The summed E-state index contributed by atoms with van der Waals surface area (Å²) >= 11 is 0. The Bertz CT molecular complexity index is 1050. The number of halogens is 3. The molecule has 0 saturated carbocycles. The van der Waals surface area contributed by atoms with E-state index in [2.05, 4.69) is 50.9 Å². The average molecular weight is 543 g/mol. The minimum atomic E-state index is -4.61. The van der Waals surface area contributed by atoms with Crippen LogP contribution >= 0.6 is 0 Å². The summed E-state index contributed by atoms with van der Waals surface area (Å²) in [5.41, 5.74) is 9.16. The van der Waals surface area contributed by atoms with Gasteiger partial charge in [-0.15, -0.1) is 0 Å². The quantitative estimate of drug-likeness (QED) is 0.126. The fourth-order valence-electron chi connectivity index (χ4n) is 4.53. The maximum absolute atomic E-state index is 13.9. The fraction of sp³-hybridized carbons (Fsp3) is 0.500. The lowest BCUT2D eigenvalue weighted by Gasteiger charge is -2.17. The summed E-state index contributed by atoms with van der Waals surface area (Å²) in [6.45, 7) is 12.0. The zero-order chi connectivity index (χ0) is 29.3. The van der Waals surface area contributed by atoms with E-state index in [1.165, 1.54) is 43.7 Å². The highest BCUT2D eigenvalue weighted by molar-refractivity contribution is 6.04. The Morgan fingerprint density at radius 2 is 1.67 bits per heavy atom. The van der Waals surface area contributed by atoms with Crippen molar-refractivity contribution >= 4 is 11.8 Å². The molecular formula is C34H49F3N2. The number of benzene rings is 1. The molecule has 0 aliphatic rings. The highest BCUT2D eigenvalue weighted by atomic mass is 19.4. The van der Waals surface area contributed by atoms with Crippen LogP contribution in [0.15, 0.2) is 76.6 Å². The summed E-state index contributed by atoms with van der Waals surface area (Å²) in [6.07, 6.45) is 16.6. The molecule has 0 spiro atoms. The van der Waals surface area contributed by atoms with Gasteiger partial charge in [0, 0.05) is 0 Å². The maximum Gasteiger partial charge on any atom is 0.433 e. The molecule has 1 aromatic rings. The third kappa shape index (κ3) is 12.3. The number of aliphatic imine (C=N–C) groups is 1. The van der Waals surface area contributed by atoms with Crippen molar-refractivity contribution in [3.63, 3.8) is 0 Å². The summed E-state index contributed by atoms with van der Waals surface area (Å²) in [6, 6.07) is 6.65. The molecule has 0 atom stereocenters. The van der Waals surface area contributed by atoms with Gasteiger partial charge in [-0.3, -0.25) is 0 Å². The van der Waals surface area contributed by atoms with E-state index in [0.717, 1.165) is 43.0 Å². The van der Waals surface area contributed by atoms with E-state index >= 15 is 0 Å². The summed E-state index contributed by atoms with van der Waals surface area (Å²) in [4.78, 5) is 4.13. The lowest BCUT2D eigenvalue weighted by atomic mass is 9.88. The highest BCUT2D eigenvalue weighted by Crippen LogP contribution is 2.29. The van der Waals surface area contributed by atoms with Crippen LogP contribution in [-0.4, -0.2) is 11.9 Å². The number of nitrogens with zero attached hydrogens (tertiary/aromatic N) is 1. The van der Waals surface area contributed by atoms with Crippen molar-refractivity contribution in [3.05, 3.63) is 88.3 Å². The third-order valence-electron chi connectivity index (χ3n) is 6.74. The molecule has 0 saturated heterocycles. The van der Waals surface area contributed by atoms with Crippen LogP contribution in [0.5, 0.6) is 0 Å². The van der Waals surface area contributed by atoms with Crippen LogP contribution < -0.4 is 5.73 Å². The molecule has 2 N–H and O–H groups in total. The van der Waals surface area contributed by atoms with Crippen molar-refractivity contribution in [2.24, 2.45) is 10.7 Å². The van der Waals surface area contributed by atoms with Gasteiger partial charge in [0.05, 0.1) is 5.70 Å². The van der Waals surface area contributed by atoms with E-state index in [-0.39, 0.29) is 5.57 Å². The number of allylic oxidation sites excluding steroid dienone is 7. The molecule has 1 rings (SSSR count). The van der Waals surface area contributed by atoms with E-state index in [4.69, 9.17) is 5.73 Å². The zero-order valence-electron chi connectivity index (χ0n) is 24.9. The SMILES string of the molecule is CC\C=C/C=C(N=C(C(C)=CN)C(F)(F)F)/C(=C\C=C\c1ccc(C(CCC)CCC)cc1C)CCCCC. The predicted molar refractivity (Wildman–Crippen MR) is 164 cm³/mol. The Balaban J connectivity index is 3.52. The Kier molecular flexibility index (Phi) is 16.2. The highest BCUT2D eigenvalue weighted by Gasteiger charge is 2.37. The van der Waals surface area contributed by atoms with Gasteiger partial charge in [-0.05, 0) is 92.0 Å². The molecule has 1 aromatic carbocycles. The van der Waals surface area contributed by atoms with E-state index in [1.807, 2.05) is 31.2 Å². The average Bonchev–Trinajstić information content (AvgIpc) is 2.89. The van der Waals surface area contributed by atoms with Gasteiger partial charge in [-0.1, -0.05) is 102 Å². The molecule has 0 aliphatic carbocycles. The molecule has 0 heterocycles. The van der Waals surface area contributed by atoms with Crippen molar-refractivity contribution < 1.29 is 13.2 Å². The second-order valence-electron chi connectivity index (χ2n) is 10.1. The zero-order valence-corrected chi connectivity index (χ0v) is 24.9. The maximum atomic E-state index is 13.9. The first-order valence-electron chi connectivity index (χ1n) is 14.5. The number of aryl methyl sites for hydroxylation is 1. The smallest absolute Gasteiger partial charge is 0.404 e. The van der Waals surface area contributed by atoms with E-state index in [9.17, 15) is 13.2 Å². The van der Waals surface area contributed by atoms with Crippen LogP contribution in [0.4, 0.5) is 13.2 Å². The number of nitrogens with two attached hydrogens (primary N) is 1. The molecule has 0 fully saturated rings. The van der Waals surface area contributed by atoms with Gasteiger partial charge in [-0.2, -0.15) is 13.2 Å². The number of hydrogen-bond acceptors (Lipinski definition) is 2. The monoisotopic (exact) mass is 542 g/mol. The molecule has 5 heteroatoms. The largest absolute Gasteiger partial charge is 0.433 e. The summed E-state index contributed by atoms with van der Waals surface area (Å²) in [7, 11) is 0. The molecule has 216 valence electrons. The molecule has 39 heavy (non-hydrogen) atoms. The Labute approximate surface area is 235 Å². The topological polar surface area (TPSA) is 38.4 Å². The van der Waals surface area contributed by atoms with Crippen LogP contribution in [-0.2, 0) is 0 Å². The third-order valence-corrected chi connectivity index (χ3v) is 6.74. The molecule has 0 amide bonds. The predicted octanol–water partition coefficient (Wildman–Crippen LogP) is 10.9. The lowest BCUT2D eigenvalue weighted by molar-refractivity contribution is -0.0582. The van der Waals surface area contributed by atoms with Gasteiger partial charge in [0.15, 0.2) is 0 Å². The summed E-state index contributed by atoms with van der Waals surface area (Å²) in [5, 5.41) is 0. The Hall–Kier alpha value is -2.82. The van der Waals surface area contributed by atoms with E-state index in [0.29, 0.717) is 18.0 Å². The van der Waals surface area contributed by atoms with Crippen LogP contribution in [0.25, 0.3) is 6.08 Å². The minimum absolute atomic E-state index is 0.100. The molecule has 0 aliphatic heterocycles. The first kappa shape index (κ1) is 34.2. The van der Waals surface area contributed by atoms with E-state index < -0.39 is 11.9 Å². The first-order valence-corrected chi connectivity index (χ1v) is 14.5. The van der Waals surface area contributed by atoms with Crippen molar-refractivity contribution in [1.29, 1.82) is 0 Å². The number of unbranched alkanes of at least 4 members (excludes halogenated alkanes) is 2. The van der Waals surface area contributed by atoms with Crippen LogP contribution in [0.3, 0.4) is 0 Å². The second kappa shape index (κ2) is 18.5.